The van der Waals surface area contributed by atoms with Crippen LogP contribution in [-0.2, 0) is 0 Å². The van der Waals surface area contributed by atoms with Gasteiger partial charge in [0, 0.05) is 25.2 Å². The minimum absolute atomic E-state index is 0.00711. The molecule has 2 aromatic rings. The Labute approximate surface area is 108 Å². The van der Waals surface area contributed by atoms with Crippen LogP contribution in [0.15, 0.2) is 17.4 Å². The van der Waals surface area contributed by atoms with Crippen LogP contribution in [-0.4, -0.2) is 42.6 Å². The zero-order valence-corrected chi connectivity index (χ0v) is 10.2. The normalized spacial score (nSPS) is 26.5. The molecule has 0 radical (unpaired) electrons. The van der Waals surface area contributed by atoms with Crippen LogP contribution in [0.5, 0.6) is 0 Å². The van der Waals surface area contributed by atoms with Crippen molar-refractivity contribution >= 4 is 11.2 Å². The van der Waals surface area contributed by atoms with Crippen LogP contribution in [0.25, 0.3) is 11.2 Å². The first-order chi connectivity index (χ1) is 9.17. The van der Waals surface area contributed by atoms with Crippen LogP contribution in [0.2, 0.25) is 0 Å². The second-order valence-electron chi connectivity index (χ2n) is 4.87. The quantitative estimate of drug-likeness (QED) is 0.579. The molecular formula is C11H15N5O3. The highest BCUT2D eigenvalue weighted by Gasteiger charge is 2.41. The summed E-state index contributed by atoms with van der Waals surface area (Å²) in [4.78, 5) is 19.9. The fraction of sp³-hybridized carbons (Fsp3) is 0.545. The van der Waals surface area contributed by atoms with Gasteiger partial charge in [-0.1, -0.05) is 0 Å². The number of nitrogens with two attached hydrogens (primary N) is 1. The summed E-state index contributed by atoms with van der Waals surface area (Å²) in [6, 6.07) is 0.00711. The molecule has 0 aliphatic heterocycles. The van der Waals surface area contributed by atoms with E-state index in [4.69, 9.17) is 5.84 Å². The first kappa shape index (κ1) is 12.1. The molecule has 102 valence electrons. The van der Waals surface area contributed by atoms with Crippen LogP contribution in [0, 0.1) is 11.8 Å². The Morgan fingerprint density at radius 3 is 2.79 bits per heavy atom. The summed E-state index contributed by atoms with van der Waals surface area (Å²) in [6.45, 7) is 0.0426. The highest BCUT2D eigenvalue weighted by atomic mass is 16.3. The molecule has 0 saturated heterocycles. The van der Waals surface area contributed by atoms with Gasteiger partial charge in [-0.2, -0.15) is 0 Å². The maximum Gasteiger partial charge on any atom is 0.299 e. The highest BCUT2D eigenvalue weighted by molar-refractivity contribution is 5.69. The summed E-state index contributed by atoms with van der Waals surface area (Å²) in [5, 5.41) is 18.6. The van der Waals surface area contributed by atoms with Gasteiger partial charge in [0.1, 0.15) is 6.33 Å². The minimum Gasteiger partial charge on any atom is -0.396 e. The zero-order valence-electron chi connectivity index (χ0n) is 10.2. The molecule has 8 heteroatoms. The van der Waals surface area contributed by atoms with Gasteiger partial charge in [0.15, 0.2) is 11.2 Å². The second-order valence-corrected chi connectivity index (χ2v) is 4.87. The fourth-order valence-corrected chi connectivity index (χ4v) is 2.75. The van der Waals surface area contributed by atoms with Crippen molar-refractivity contribution < 1.29 is 10.2 Å². The Hall–Kier alpha value is -1.93. The van der Waals surface area contributed by atoms with Crippen LogP contribution in [0.1, 0.15) is 12.5 Å². The Kier molecular flexibility index (Phi) is 2.76. The fourth-order valence-electron chi connectivity index (χ4n) is 2.75. The van der Waals surface area contributed by atoms with Gasteiger partial charge in [-0.25, -0.2) is 14.6 Å². The van der Waals surface area contributed by atoms with Crippen LogP contribution in [0.4, 0.5) is 0 Å². The lowest BCUT2D eigenvalue weighted by atomic mass is 9.70. The number of nitrogens with zero attached hydrogens (tertiary/aromatic N) is 4. The van der Waals surface area contributed by atoms with Crippen molar-refractivity contribution in [2.24, 2.45) is 11.8 Å². The SMILES string of the molecule is Nn1cnc2c(ncn2C2CC(CO)C2CO)c1=O. The molecule has 19 heavy (non-hydrogen) atoms. The predicted molar refractivity (Wildman–Crippen MR) is 66.7 cm³/mol. The molecule has 0 bridgehead atoms. The number of hydrogen-bond donors (Lipinski definition) is 3. The Balaban J connectivity index is 2.03. The summed E-state index contributed by atoms with van der Waals surface area (Å²) in [5.74, 6) is 5.48. The van der Waals surface area contributed by atoms with E-state index < -0.39 is 5.56 Å². The first-order valence-electron chi connectivity index (χ1n) is 6.08. The van der Waals surface area contributed by atoms with Gasteiger partial charge < -0.3 is 20.6 Å². The predicted octanol–water partition coefficient (Wildman–Crippen LogP) is -1.53. The zero-order chi connectivity index (χ0) is 13.6. The average molecular weight is 265 g/mol. The van der Waals surface area contributed by atoms with Gasteiger partial charge in [-0.05, 0) is 12.3 Å². The molecular weight excluding hydrogens is 250 g/mol. The van der Waals surface area contributed by atoms with E-state index in [1.807, 2.05) is 0 Å². The lowest BCUT2D eigenvalue weighted by Crippen LogP contribution is -2.42. The molecule has 3 unspecified atom stereocenters. The van der Waals surface area contributed by atoms with E-state index in [9.17, 15) is 15.0 Å². The monoisotopic (exact) mass is 265 g/mol. The molecule has 3 atom stereocenters. The van der Waals surface area contributed by atoms with Gasteiger partial charge in [-0.15, -0.1) is 0 Å². The number of nitrogen functional groups attached to an aromatic ring is 1. The molecule has 3 rings (SSSR count). The van der Waals surface area contributed by atoms with Gasteiger partial charge in [0.05, 0.1) is 6.33 Å². The molecule has 0 spiro atoms. The topological polar surface area (TPSA) is 119 Å². The van der Waals surface area contributed by atoms with Crippen LogP contribution >= 0.6 is 0 Å². The van der Waals surface area contributed by atoms with E-state index in [0.29, 0.717) is 5.65 Å². The van der Waals surface area contributed by atoms with Crippen molar-refractivity contribution in [2.75, 3.05) is 19.1 Å². The number of aromatic nitrogens is 4. The van der Waals surface area contributed by atoms with Crippen molar-refractivity contribution in [2.45, 2.75) is 12.5 Å². The third-order valence-corrected chi connectivity index (χ3v) is 3.96. The summed E-state index contributed by atoms with van der Waals surface area (Å²) in [5.41, 5.74) is 0.281. The number of aliphatic hydroxyl groups excluding tert-OH is 2. The van der Waals surface area contributed by atoms with Crippen LogP contribution in [0.3, 0.4) is 0 Å². The maximum atomic E-state index is 11.8. The number of aliphatic hydroxyl groups is 2. The molecule has 0 aromatic carbocycles. The Morgan fingerprint density at radius 1 is 1.32 bits per heavy atom. The van der Waals surface area contributed by atoms with Crippen molar-refractivity contribution in [3.05, 3.63) is 23.0 Å². The van der Waals surface area contributed by atoms with Gasteiger partial charge in [0.2, 0.25) is 0 Å². The van der Waals surface area contributed by atoms with Crippen molar-refractivity contribution in [1.29, 1.82) is 0 Å². The summed E-state index contributed by atoms with van der Waals surface area (Å²) in [7, 11) is 0. The van der Waals surface area contributed by atoms with Crippen molar-refractivity contribution in [3.63, 3.8) is 0 Å². The number of fused-ring (bicyclic) bond motifs is 1. The number of hydrogen-bond acceptors (Lipinski definition) is 6. The molecule has 1 saturated carbocycles. The van der Waals surface area contributed by atoms with E-state index >= 15 is 0 Å². The summed E-state index contributed by atoms with van der Waals surface area (Å²) in [6.07, 6.45) is 3.53. The van der Waals surface area contributed by atoms with Gasteiger partial charge >= 0.3 is 0 Å². The Bertz CT molecular complexity index is 664. The van der Waals surface area contributed by atoms with Crippen LogP contribution < -0.4 is 11.4 Å². The highest BCUT2D eigenvalue weighted by Crippen LogP contribution is 2.44. The van der Waals surface area contributed by atoms with E-state index in [1.54, 1.807) is 10.9 Å². The molecule has 1 aliphatic rings. The standard InChI is InChI=1S/C11H15N5O3/c12-16-5-14-10-9(11(16)19)13-4-15(10)8-1-6(2-17)7(8)3-18/h4-8,17-18H,1-3,12H2. The largest absolute Gasteiger partial charge is 0.396 e. The van der Waals surface area contributed by atoms with E-state index in [1.165, 1.54) is 6.33 Å². The molecule has 1 aliphatic carbocycles. The summed E-state index contributed by atoms with van der Waals surface area (Å²) < 4.78 is 2.67. The van der Waals surface area contributed by atoms with E-state index in [-0.39, 0.29) is 36.6 Å². The first-order valence-corrected chi connectivity index (χ1v) is 6.08. The summed E-state index contributed by atoms with van der Waals surface area (Å²) >= 11 is 0. The second kappa shape index (κ2) is 4.32. The number of rotatable bonds is 3. The average Bonchev–Trinajstić information content (AvgIpc) is 2.78. The van der Waals surface area contributed by atoms with Crippen molar-refractivity contribution in [1.82, 2.24) is 19.2 Å². The lowest BCUT2D eigenvalue weighted by molar-refractivity contribution is -0.00529. The third kappa shape index (κ3) is 1.64. The van der Waals surface area contributed by atoms with E-state index in [2.05, 4.69) is 9.97 Å². The molecule has 2 aromatic heterocycles. The molecule has 0 amide bonds. The van der Waals surface area contributed by atoms with Crippen molar-refractivity contribution in [3.8, 4) is 0 Å². The van der Waals surface area contributed by atoms with Gasteiger partial charge in [-0.3, -0.25) is 4.79 Å². The lowest BCUT2D eigenvalue weighted by Gasteiger charge is -2.43. The molecule has 2 heterocycles. The molecule has 8 nitrogen and oxygen atoms in total. The number of imidazole rings is 1. The molecule has 1 fully saturated rings. The Morgan fingerprint density at radius 2 is 2.11 bits per heavy atom. The minimum atomic E-state index is -0.401. The van der Waals surface area contributed by atoms with Gasteiger partial charge in [0.25, 0.3) is 5.56 Å². The molecule has 4 N–H and O–H groups in total. The smallest absolute Gasteiger partial charge is 0.299 e. The maximum absolute atomic E-state index is 11.8. The third-order valence-electron chi connectivity index (χ3n) is 3.96. The van der Waals surface area contributed by atoms with E-state index in [0.717, 1.165) is 11.1 Å².